The van der Waals surface area contributed by atoms with Gasteiger partial charge in [-0.25, -0.2) is 0 Å². The largest absolute Gasteiger partial charge is 0.396 e. The molecule has 2 rings (SSSR count). The van der Waals surface area contributed by atoms with Crippen LogP contribution in [0, 0.1) is 16.0 Å². The zero-order valence-corrected chi connectivity index (χ0v) is 10.1. The van der Waals surface area contributed by atoms with Crippen LogP contribution < -0.4 is 4.90 Å². The van der Waals surface area contributed by atoms with Crippen molar-refractivity contribution in [1.82, 2.24) is 0 Å². The molecule has 1 aliphatic heterocycles. The fraction of sp³-hybridized carbons (Fsp3) is 0.364. The Hall–Kier alpha value is -1.66. The molecule has 18 heavy (non-hydrogen) atoms. The summed E-state index contributed by atoms with van der Waals surface area (Å²) in [5, 5.41) is 20.0. The van der Waals surface area contributed by atoms with Crippen molar-refractivity contribution in [3.8, 4) is 0 Å². The first-order valence-electron chi connectivity index (χ1n) is 5.38. The lowest BCUT2D eigenvalue weighted by molar-refractivity contribution is -0.384. The minimum Gasteiger partial charge on any atom is -0.396 e. The van der Waals surface area contributed by atoms with Gasteiger partial charge >= 0.3 is 0 Å². The number of aliphatic hydroxyl groups excluding tert-OH is 1. The number of benzene rings is 1. The number of hydrogen-bond acceptors (Lipinski definition) is 4. The van der Waals surface area contributed by atoms with Crippen LogP contribution in [0.5, 0.6) is 0 Å². The Balaban J connectivity index is 2.35. The summed E-state index contributed by atoms with van der Waals surface area (Å²) in [4.78, 5) is 23.3. The fourth-order valence-electron chi connectivity index (χ4n) is 1.96. The van der Waals surface area contributed by atoms with E-state index in [2.05, 4.69) is 0 Å². The number of nitrogens with zero attached hydrogens (tertiary/aromatic N) is 2. The number of carbonyl (C=O) groups excluding carboxylic acids is 1. The molecule has 1 unspecified atom stereocenters. The van der Waals surface area contributed by atoms with E-state index in [-0.39, 0.29) is 35.6 Å². The van der Waals surface area contributed by atoms with Gasteiger partial charge in [0.05, 0.1) is 15.6 Å². The third-order valence-corrected chi connectivity index (χ3v) is 3.21. The molecule has 1 heterocycles. The van der Waals surface area contributed by atoms with Gasteiger partial charge in [0, 0.05) is 37.6 Å². The summed E-state index contributed by atoms with van der Waals surface area (Å²) in [6.45, 7) is 0.241. The number of rotatable bonds is 3. The summed E-state index contributed by atoms with van der Waals surface area (Å²) in [5.41, 5.74) is 0.210. The van der Waals surface area contributed by atoms with Gasteiger partial charge < -0.3 is 10.0 Å². The number of nitro groups is 1. The molecule has 1 atom stereocenters. The van der Waals surface area contributed by atoms with Crippen molar-refractivity contribution in [2.24, 2.45) is 5.92 Å². The molecule has 1 fully saturated rings. The van der Waals surface area contributed by atoms with E-state index < -0.39 is 4.92 Å². The van der Waals surface area contributed by atoms with Crippen LogP contribution in [0.25, 0.3) is 0 Å². The number of halogens is 1. The van der Waals surface area contributed by atoms with Crippen molar-refractivity contribution in [2.45, 2.75) is 6.42 Å². The van der Waals surface area contributed by atoms with Gasteiger partial charge in [-0.1, -0.05) is 11.6 Å². The second kappa shape index (κ2) is 4.91. The molecule has 0 radical (unpaired) electrons. The summed E-state index contributed by atoms with van der Waals surface area (Å²) < 4.78 is 0. The molecule has 0 bridgehead atoms. The normalized spacial score (nSPS) is 19.3. The van der Waals surface area contributed by atoms with Gasteiger partial charge in [0.25, 0.3) is 5.69 Å². The zero-order chi connectivity index (χ0) is 13.3. The van der Waals surface area contributed by atoms with Crippen molar-refractivity contribution in [1.29, 1.82) is 0 Å². The molecule has 1 amide bonds. The van der Waals surface area contributed by atoms with Crippen molar-refractivity contribution < 1.29 is 14.8 Å². The number of anilines is 1. The van der Waals surface area contributed by atoms with E-state index in [0.717, 1.165) is 0 Å². The summed E-state index contributed by atoms with van der Waals surface area (Å²) in [5.74, 6) is -0.329. The van der Waals surface area contributed by atoms with Crippen LogP contribution in [0.2, 0.25) is 5.02 Å². The monoisotopic (exact) mass is 270 g/mol. The van der Waals surface area contributed by atoms with E-state index in [1.54, 1.807) is 0 Å². The van der Waals surface area contributed by atoms with Crippen LogP contribution in [0.1, 0.15) is 6.42 Å². The molecule has 0 spiro atoms. The van der Waals surface area contributed by atoms with E-state index >= 15 is 0 Å². The molecular weight excluding hydrogens is 260 g/mol. The summed E-state index contributed by atoms with van der Waals surface area (Å²) >= 11 is 5.96. The summed E-state index contributed by atoms with van der Waals surface area (Å²) in [6, 6.07) is 3.96. The summed E-state index contributed by atoms with van der Waals surface area (Å²) in [7, 11) is 0. The number of aliphatic hydroxyl groups is 1. The van der Waals surface area contributed by atoms with E-state index in [1.807, 2.05) is 0 Å². The molecule has 7 heteroatoms. The molecule has 0 aliphatic carbocycles. The Kier molecular flexibility index (Phi) is 3.49. The van der Waals surface area contributed by atoms with E-state index in [1.165, 1.54) is 23.1 Å². The molecule has 0 aromatic heterocycles. The van der Waals surface area contributed by atoms with Crippen LogP contribution in [0.3, 0.4) is 0 Å². The number of carbonyl (C=O) groups is 1. The van der Waals surface area contributed by atoms with E-state index in [4.69, 9.17) is 16.7 Å². The van der Waals surface area contributed by atoms with Crippen molar-refractivity contribution in [3.63, 3.8) is 0 Å². The zero-order valence-electron chi connectivity index (χ0n) is 9.38. The Morgan fingerprint density at radius 1 is 1.56 bits per heavy atom. The second-order valence-corrected chi connectivity index (χ2v) is 4.56. The van der Waals surface area contributed by atoms with Crippen LogP contribution >= 0.6 is 11.6 Å². The van der Waals surface area contributed by atoms with E-state index in [9.17, 15) is 14.9 Å². The molecule has 1 N–H and O–H groups in total. The maximum absolute atomic E-state index is 11.8. The molecule has 1 saturated heterocycles. The SMILES string of the molecule is O=C1CC(CO)CN1c1cc([N+](=O)[O-])ccc1Cl. The average molecular weight is 271 g/mol. The van der Waals surface area contributed by atoms with Gasteiger partial charge in [-0.15, -0.1) is 0 Å². The number of non-ortho nitro benzene ring substituents is 1. The molecular formula is C11H11ClN2O4. The quantitative estimate of drug-likeness (QED) is 0.668. The van der Waals surface area contributed by atoms with Crippen molar-refractivity contribution in [2.75, 3.05) is 18.1 Å². The van der Waals surface area contributed by atoms with Gasteiger partial charge in [0.2, 0.25) is 5.91 Å². The average Bonchev–Trinajstić information content (AvgIpc) is 2.71. The van der Waals surface area contributed by atoms with Crippen molar-refractivity contribution in [3.05, 3.63) is 33.3 Å². The van der Waals surface area contributed by atoms with E-state index in [0.29, 0.717) is 12.2 Å². The highest BCUT2D eigenvalue weighted by molar-refractivity contribution is 6.34. The molecule has 1 aromatic rings. The lowest BCUT2D eigenvalue weighted by Gasteiger charge is -2.17. The minimum absolute atomic E-state index is 0.0885. The Morgan fingerprint density at radius 2 is 2.28 bits per heavy atom. The van der Waals surface area contributed by atoms with Crippen LogP contribution in [-0.2, 0) is 4.79 Å². The number of nitro benzene ring substituents is 1. The standard InChI is InChI=1S/C11H11ClN2O4/c12-9-2-1-8(14(17)18)4-10(9)13-5-7(6-15)3-11(13)16/h1-2,4,7,15H,3,5-6H2. The maximum Gasteiger partial charge on any atom is 0.271 e. The third kappa shape index (κ3) is 2.30. The second-order valence-electron chi connectivity index (χ2n) is 4.15. The highest BCUT2D eigenvalue weighted by Crippen LogP contribution is 2.33. The molecule has 6 nitrogen and oxygen atoms in total. The minimum atomic E-state index is -0.538. The van der Waals surface area contributed by atoms with Crippen LogP contribution in [0.15, 0.2) is 18.2 Å². The molecule has 0 saturated carbocycles. The van der Waals surface area contributed by atoms with Gasteiger partial charge in [-0.3, -0.25) is 14.9 Å². The lowest BCUT2D eigenvalue weighted by atomic mass is 10.1. The van der Waals surface area contributed by atoms with Gasteiger partial charge in [-0.2, -0.15) is 0 Å². The fourth-order valence-corrected chi connectivity index (χ4v) is 2.18. The Labute approximate surface area is 108 Å². The highest BCUT2D eigenvalue weighted by atomic mass is 35.5. The van der Waals surface area contributed by atoms with Gasteiger partial charge in [-0.05, 0) is 6.07 Å². The Bertz CT molecular complexity index is 506. The summed E-state index contributed by atoms with van der Waals surface area (Å²) in [6.07, 6.45) is 0.232. The number of amides is 1. The smallest absolute Gasteiger partial charge is 0.271 e. The van der Waals surface area contributed by atoms with Gasteiger partial charge in [0.15, 0.2) is 0 Å². The maximum atomic E-state index is 11.8. The first kappa shape index (κ1) is 12.8. The molecule has 96 valence electrons. The Morgan fingerprint density at radius 3 is 2.83 bits per heavy atom. The van der Waals surface area contributed by atoms with Crippen LogP contribution in [-0.4, -0.2) is 29.1 Å². The van der Waals surface area contributed by atoms with Gasteiger partial charge in [0.1, 0.15) is 0 Å². The van der Waals surface area contributed by atoms with Crippen molar-refractivity contribution >= 4 is 28.9 Å². The predicted octanol–water partition coefficient (Wildman–Crippen LogP) is 1.59. The first-order chi connectivity index (χ1) is 8.52. The topological polar surface area (TPSA) is 83.7 Å². The first-order valence-corrected chi connectivity index (χ1v) is 5.76. The third-order valence-electron chi connectivity index (χ3n) is 2.89. The van der Waals surface area contributed by atoms with Crippen LogP contribution in [0.4, 0.5) is 11.4 Å². The molecule has 1 aliphatic rings. The predicted molar refractivity (Wildman–Crippen MR) is 65.7 cm³/mol. The highest BCUT2D eigenvalue weighted by Gasteiger charge is 2.31. The number of hydrogen-bond donors (Lipinski definition) is 1. The lowest BCUT2D eigenvalue weighted by Crippen LogP contribution is -2.25. The molecule has 1 aromatic carbocycles.